The summed E-state index contributed by atoms with van der Waals surface area (Å²) in [7, 11) is 0. The monoisotopic (exact) mass is 352 g/mol. The number of fused-ring (bicyclic) bond motifs is 1. The lowest BCUT2D eigenvalue weighted by Gasteiger charge is -2.35. The number of nitrogens with zero attached hydrogens (tertiary/aromatic N) is 3. The molecule has 0 amide bonds. The quantitative estimate of drug-likeness (QED) is 0.713. The van der Waals surface area contributed by atoms with E-state index < -0.39 is 0 Å². The topological polar surface area (TPSA) is 68.2 Å². The average molecular weight is 352 g/mol. The number of nitrogen functional groups attached to an aromatic ring is 1. The molecule has 1 aliphatic rings. The van der Waals surface area contributed by atoms with E-state index in [1.54, 1.807) is 19.1 Å². The third-order valence-corrected chi connectivity index (χ3v) is 5.02. The molecular formula is C20H21FN4O. The van der Waals surface area contributed by atoms with Crippen LogP contribution in [-0.4, -0.2) is 16.7 Å². The van der Waals surface area contributed by atoms with Crippen molar-refractivity contribution in [2.75, 3.05) is 17.2 Å². The Morgan fingerprint density at radius 2 is 2.12 bits per heavy atom. The number of aromatic nitrogens is 2. The first-order valence-corrected chi connectivity index (χ1v) is 8.78. The highest BCUT2D eigenvalue weighted by Gasteiger charge is 2.27. The molecule has 3 aromatic rings. The van der Waals surface area contributed by atoms with E-state index in [0.717, 1.165) is 30.8 Å². The van der Waals surface area contributed by atoms with Crippen molar-refractivity contribution in [1.82, 2.24) is 10.1 Å². The normalized spacial score (nSPS) is 15.0. The van der Waals surface area contributed by atoms with Crippen molar-refractivity contribution in [3.8, 4) is 11.4 Å². The second-order valence-electron chi connectivity index (χ2n) is 6.74. The zero-order valence-electron chi connectivity index (χ0n) is 14.9. The summed E-state index contributed by atoms with van der Waals surface area (Å²) in [6.45, 7) is 4.65. The molecule has 0 saturated heterocycles. The van der Waals surface area contributed by atoms with Gasteiger partial charge in [0.15, 0.2) is 0 Å². The van der Waals surface area contributed by atoms with Gasteiger partial charge in [-0.1, -0.05) is 23.4 Å². The summed E-state index contributed by atoms with van der Waals surface area (Å²) in [4.78, 5) is 6.74. The van der Waals surface area contributed by atoms with Crippen LogP contribution in [0.25, 0.3) is 11.4 Å². The summed E-state index contributed by atoms with van der Waals surface area (Å²) in [6.07, 6.45) is 2.00. The van der Waals surface area contributed by atoms with Gasteiger partial charge < -0.3 is 15.2 Å². The molecule has 26 heavy (non-hydrogen) atoms. The molecule has 5 nitrogen and oxygen atoms in total. The van der Waals surface area contributed by atoms with Gasteiger partial charge in [-0.3, -0.25) is 0 Å². The van der Waals surface area contributed by atoms with E-state index in [1.807, 2.05) is 19.1 Å². The standard InChI is InChI=1S/C20H21FN4O/c1-12-8-9-14(11-16(12)21)19-23-20(26-24-19)13(2)25-10-4-5-15-17(22)6-3-7-18(15)25/h3,6-9,11,13H,4-5,10,22H2,1-2H3. The highest BCUT2D eigenvalue weighted by Crippen LogP contribution is 2.36. The van der Waals surface area contributed by atoms with Crippen LogP contribution in [0.15, 0.2) is 40.9 Å². The van der Waals surface area contributed by atoms with Crippen molar-refractivity contribution in [3.63, 3.8) is 0 Å². The number of benzene rings is 2. The van der Waals surface area contributed by atoms with Gasteiger partial charge in [0.1, 0.15) is 11.9 Å². The number of rotatable bonds is 3. The number of nitrogens with two attached hydrogens (primary N) is 1. The minimum absolute atomic E-state index is 0.0904. The fourth-order valence-corrected chi connectivity index (χ4v) is 3.47. The molecule has 0 spiro atoms. The van der Waals surface area contributed by atoms with Crippen molar-refractivity contribution in [2.45, 2.75) is 32.7 Å². The summed E-state index contributed by atoms with van der Waals surface area (Å²) in [6, 6.07) is 10.8. The van der Waals surface area contributed by atoms with Gasteiger partial charge in [-0.05, 0) is 56.0 Å². The van der Waals surface area contributed by atoms with Crippen molar-refractivity contribution in [2.24, 2.45) is 0 Å². The minimum Gasteiger partial charge on any atom is -0.398 e. The molecule has 0 bridgehead atoms. The first kappa shape index (κ1) is 16.6. The number of hydrogen-bond acceptors (Lipinski definition) is 5. The molecule has 0 fully saturated rings. The first-order valence-electron chi connectivity index (χ1n) is 8.78. The third kappa shape index (κ3) is 2.81. The molecular weight excluding hydrogens is 331 g/mol. The average Bonchev–Trinajstić information content (AvgIpc) is 3.13. The van der Waals surface area contributed by atoms with Crippen LogP contribution in [0.2, 0.25) is 0 Å². The molecule has 2 heterocycles. The molecule has 4 rings (SSSR count). The molecule has 1 aliphatic heterocycles. The van der Waals surface area contributed by atoms with Crippen LogP contribution in [0.3, 0.4) is 0 Å². The molecule has 2 aromatic carbocycles. The summed E-state index contributed by atoms with van der Waals surface area (Å²) in [5.41, 5.74) is 10.4. The predicted octanol–water partition coefficient (Wildman–Crippen LogP) is 4.28. The van der Waals surface area contributed by atoms with Gasteiger partial charge in [-0.15, -0.1) is 0 Å². The SMILES string of the molecule is Cc1ccc(-c2noc(C(C)N3CCCc4c(N)cccc43)n2)cc1F. The lowest BCUT2D eigenvalue weighted by molar-refractivity contribution is 0.353. The van der Waals surface area contributed by atoms with Gasteiger partial charge in [-0.25, -0.2) is 4.39 Å². The fraction of sp³-hybridized carbons (Fsp3) is 0.300. The maximum Gasteiger partial charge on any atom is 0.249 e. The van der Waals surface area contributed by atoms with Crippen molar-refractivity contribution in [1.29, 1.82) is 0 Å². The predicted molar refractivity (Wildman–Crippen MR) is 99.4 cm³/mol. The molecule has 2 N–H and O–H groups in total. The first-order chi connectivity index (χ1) is 12.5. The molecule has 134 valence electrons. The number of halogens is 1. The lowest BCUT2D eigenvalue weighted by atomic mass is 9.98. The molecule has 6 heteroatoms. The summed E-state index contributed by atoms with van der Waals surface area (Å²) in [5, 5.41) is 4.04. The minimum atomic E-state index is -0.276. The van der Waals surface area contributed by atoms with Crippen molar-refractivity contribution >= 4 is 11.4 Å². The van der Waals surface area contributed by atoms with Gasteiger partial charge in [0, 0.05) is 23.5 Å². The van der Waals surface area contributed by atoms with E-state index in [4.69, 9.17) is 10.3 Å². The molecule has 1 atom stereocenters. The number of aryl methyl sites for hydroxylation is 1. The van der Waals surface area contributed by atoms with Gasteiger partial charge in [0.05, 0.1) is 0 Å². The van der Waals surface area contributed by atoms with Crippen molar-refractivity contribution in [3.05, 3.63) is 59.2 Å². The van der Waals surface area contributed by atoms with Crippen LogP contribution in [0.5, 0.6) is 0 Å². The van der Waals surface area contributed by atoms with Crippen LogP contribution in [0, 0.1) is 12.7 Å². The van der Waals surface area contributed by atoms with E-state index in [-0.39, 0.29) is 11.9 Å². The van der Waals surface area contributed by atoms with Crippen LogP contribution in [0.1, 0.15) is 36.4 Å². The van der Waals surface area contributed by atoms with Crippen LogP contribution in [-0.2, 0) is 6.42 Å². The summed E-state index contributed by atoms with van der Waals surface area (Å²) < 4.78 is 19.3. The molecule has 0 aliphatic carbocycles. The Hall–Kier alpha value is -2.89. The lowest BCUT2D eigenvalue weighted by Crippen LogP contribution is -2.32. The van der Waals surface area contributed by atoms with E-state index in [0.29, 0.717) is 22.8 Å². The zero-order chi connectivity index (χ0) is 18.3. The van der Waals surface area contributed by atoms with E-state index >= 15 is 0 Å². The molecule has 0 saturated carbocycles. The summed E-state index contributed by atoms with van der Waals surface area (Å²) >= 11 is 0. The second-order valence-corrected chi connectivity index (χ2v) is 6.74. The smallest absolute Gasteiger partial charge is 0.249 e. The number of anilines is 2. The third-order valence-electron chi connectivity index (χ3n) is 5.02. The Balaban J connectivity index is 1.64. The number of hydrogen-bond donors (Lipinski definition) is 1. The zero-order valence-corrected chi connectivity index (χ0v) is 14.9. The Labute approximate surface area is 151 Å². The van der Waals surface area contributed by atoms with Crippen LogP contribution >= 0.6 is 0 Å². The van der Waals surface area contributed by atoms with Crippen LogP contribution in [0.4, 0.5) is 15.8 Å². The van der Waals surface area contributed by atoms with Gasteiger partial charge in [0.2, 0.25) is 11.7 Å². The Morgan fingerprint density at radius 3 is 2.92 bits per heavy atom. The van der Waals surface area contributed by atoms with Gasteiger partial charge in [-0.2, -0.15) is 4.98 Å². The maximum absolute atomic E-state index is 13.8. The van der Waals surface area contributed by atoms with E-state index in [9.17, 15) is 4.39 Å². The molecule has 1 aromatic heterocycles. The Morgan fingerprint density at radius 1 is 1.27 bits per heavy atom. The van der Waals surface area contributed by atoms with Crippen molar-refractivity contribution < 1.29 is 8.91 Å². The van der Waals surface area contributed by atoms with Gasteiger partial charge >= 0.3 is 0 Å². The Kier molecular flexibility index (Phi) is 4.11. The summed E-state index contributed by atoms with van der Waals surface area (Å²) in [5.74, 6) is 0.633. The van der Waals surface area contributed by atoms with Crippen LogP contribution < -0.4 is 10.6 Å². The molecule has 0 radical (unpaired) electrons. The molecule has 1 unspecified atom stereocenters. The van der Waals surface area contributed by atoms with E-state index in [1.165, 1.54) is 11.6 Å². The fourth-order valence-electron chi connectivity index (χ4n) is 3.47. The second kappa shape index (κ2) is 6.44. The highest BCUT2D eigenvalue weighted by atomic mass is 19.1. The highest BCUT2D eigenvalue weighted by molar-refractivity contribution is 5.66. The maximum atomic E-state index is 13.8. The van der Waals surface area contributed by atoms with Gasteiger partial charge in [0.25, 0.3) is 0 Å². The van der Waals surface area contributed by atoms with E-state index in [2.05, 4.69) is 21.1 Å². The Bertz CT molecular complexity index is 953. The largest absolute Gasteiger partial charge is 0.398 e.